The Morgan fingerprint density at radius 2 is 1.73 bits per heavy atom. The first-order chi connectivity index (χ1) is 10.1. The van der Waals surface area contributed by atoms with E-state index >= 15 is 0 Å². The van der Waals surface area contributed by atoms with Crippen molar-refractivity contribution in [2.75, 3.05) is 26.2 Å². The molecular formula is C16H30N2O4. The molecule has 0 aromatic rings. The first kappa shape index (κ1) is 18.6. The first-order valence-corrected chi connectivity index (χ1v) is 7.91. The van der Waals surface area contributed by atoms with E-state index in [0.29, 0.717) is 38.7 Å². The van der Waals surface area contributed by atoms with Crippen LogP contribution in [0, 0.1) is 0 Å². The molecule has 1 heterocycles. The highest BCUT2D eigenvalue weighted by atomic mass is 16.7. The van der Waals surface area contributed by atoms with Gasteiger partial charge >= 0.3 is 12.2 Å². The molecule has 1 aliphatic rings. The fourth-order valence-electron chi connectivity index (χ4n) is 1.84. The van der Waals surface area contributed by atoms with Crippen LogP contribution in [0.15, 0.2) is 4.99 Å². The van der Waals surface area contributed by atoms with Gasteiger partial charge in [0.25, 0.3) is 0 Å². The Morgan fingerprint density at radius 1 is 1.09 bits per heavy atom. The van der Waals surface area contributed by atoms with Crippen molar-refractivity contribution in [3.8, 4) is 0 Å². The largest absolute Gasteiger partial charge is 0.451 e. The molecule has 0 N–H and O–H groups in total. The summed E-state index contributed by atoms with van der Waals surface area (Å²) in [6.07, 6.45) is 1.53. The molecule has 0 aliphatic carbocycles. The maximum Gasteiger partial charge on any atom is 0.410 e. The third kappa shape index (κ3) is 8.10. The molecule has 1 amide bonds. The number of nitrogens with zero attached hydrogens (tertiary/aromatic N) is 2. The zero-order valence-corrected chi connectivity index (χ0v) is 14.8. The molecule has 0 atom stereocenters. The van der Waals surface area contributed by atoms with Crippen LogP contribution in [0.3, 0.4) is 0 Å². The van der Waals surface area contributed by atoms with Gasteiger partial charge in [-0.2, -0.15) is 0 Å². The molecule has 0 saturated carbocycles. The normalized spacial score (nSPS) is 20.5. The van der Waals surface area contributed by atoms with Crippen LogP contribution in [-0.2, 0) is 14.2 Å². The molecule has 128 valence electrons. The number of carbonyl (C=O) groups excluding carboxylic acids is 1. The third-order valence-corrected chi connectivity index (χ3v) is 2.67. The summed E-state index contributed by atoms with van der Waals surface area (Å²) in [6.45, 7) is 13.8. The van der Waals surface area contributed by atoms with Gasteiger partial charge in [0.05, 0.1) is 6.61 Å². The SMILES string of the molecule is CC(C)(C)OC(=O)N1CCC/N=C(/OC(C)(C)C)OCCC1. The van der Waals surface area contributed by atoms with Crippen molar-refractivity contribution in [3.63, 3.8) is 0 Å². The second kappa shape index (κ2) is 7.70. The topological polar surface area (TPSA) is 60.4 Å². The smallest absolute Gasteiger partial charge is 0.410 e. The van der Waals surface area contributed by atoms with Crippen molar-refractivity contribution in [1.82, 2.24) is 4.90 Å². The monoisotopic (exact) mass is 314 g/mol. The first-order valence-electron chi connectivity index (χ1n) is 7.91. The molecule has 0 saturated heterocycles. The standard InChI is InChI=1S/C16H30N2O4/c1-15(2,3)21-13-17-9-7-10-18(11-8-12-20-13)14(19)22-16(4,5)6/h7-12H2,1-6H3/b17-13+. The van der Waals surface area contributed by atoms with Gasteiger partial charge in [0.15, 0.2) is 0 Å². The van der Waals surface area contributed by atoms with E-state index in [9.17, 15) is 4.79 Å². The van der Waals surface area contributed by atoms with E-state index in [-0.39, 0.29) is 11.7 Å². The lowest BCUT2D eigenvalue weighted by Gasteiger charge is -2.28. The molecule has 0 fully saturated rings. The summed E-state index contributed by atoms with van der Waals surface area (Å²) < 4.78 is 16.7. The summed E-state index contributed by atoms with van der Waals surface area (Å²) in [5.74, 6) is 0. The van der Waals surface area contributed by atoms with E-state index in [4.69, 9.17) is 14.2 Å². The number of amides is 1. The second-order valence-corrected chi connectivity index (χ2v) is 7.39. The van der Waals surface area contributed by atoms with Gasteiger partial charge in [-0.3, -0.25) is 0 Å². The van der Waals surface area contributed by atoms with Crippen LogP contribution in [0.25, 0.3) is 0 Å². The van der Waals surface area contributed by atoms with Gasteiger partial charge in [0.1, 0.15) is 11.2 Å². The van der Waals surface area contributed by atoms with Crippen molar-refractivity contribution >= 4 is 12.2 Å². The Kier molecular flexibility index (Phi) is 6.50. The van der Waals surface area contributed by atoms with E-state index in [0.717, 1.165) is 6.42 Å². The second-order valence-electron chi connectivity index (χ2n) is 7.39. The molecule has 1 aliphatic heterocycles. The van der Waals surface area contributed by atoms with E-state index < -0.39 is 5.60 Å². The van der Waals surface area contributed by atoms with Crippen molar-refractivity contribution in [1.29, 1.82) is 0 Å². The summed E-state index contributed by atoms with van der Waals surface area (Å²) in [6, 6.07) is 0. The minimum Gasteiger partial charge on any atom is -0.451 e. The summed E-state index contributed by atoms with van der Waals surface area (Å²) in [5, 5.41) is 0. The molecule has 0 radical (unpaired) electrons. The molecule has 1 rings (SSSR count). The van der Waals surface area contributed by atoms with Gasteiger partial charge in [0, 0.05) is 19.6 Å². The zero-order chi connectivity index (χ0) is 16.8. The molecule has 6 heteroatoms. The lowest BCUT2D eigenvalue weighted by molar-refractivity contribution is 0.0222. The van der Waals surface area contributed by atoms with Crippen LogP contribution in [0.2, 0.25) is 0 Å². The third-order valence-electron chi connectivity index (χ3n) is 2.67. The van der Waals surface area contributed by atoms with Crippen molar-refractivity contribution in [3.05, 3.63) is 0 Å². The lowest BCUT2D eigenvalue weighted by Crippen LogP contribution is -2.39. The van der Waals surface area contributed by atoms with Crippen LogP contribution in [0.5, 0.6) is 0 Å². The molecule has 0 unspecified atom stereocenters. The summed E-state index contributed by atoms with van der Waals surface area (Å²) >= 11 is 0. The van der Waals surface area contributed by atoms with Crippen LogP contribution >= 0.6 is 0 Å². The van der Waals surface area contributed by atoms with Crippen LogP contribution < -0.4 is 0 Å². The Morgan fingerprint density at radius 3 is 2.32 bits per heavy atom. The highest BCUT2D eigenvalue weighted by Crippen LogP contribution is 2.12. The van der Waals surface area contributed by atoms with Gasteiger partial charge in [-0.25, -0.2) is 9.79 Å². The molecule has 22 heavy (non-hydrogen) atoms. The van der Waals surface area contributed by atoms with Crippen molar-refractivity contribution in [2.24, 2.45) is 4.99 Å². The molecule has 0 spiro atoms. The van der Waals surface area contributed by atoms with E-state index in [1.54, 1.807) is 4.90 Å². The highest BCUT2D eigenvalue weighted by Gasteiger charge is 2.22. The minimum atomic E-state index is -0.477. The predicted molar refractivity (Wildman–Crippen MR) is 86.1 cm³/mol. The lowest BCUT2D eigenvalue weighted by atomic mass is 10.2. The molecule has 0 aromatic carbocycles. The van der Waals surface area contributed by atoms with Crippen molar-refractivity contribution in [2.45, 2.75) is 65.6 Å². The Hall–Kier alpha value is -1.46. The molecule has 0 aromatic heterocycles. The van der Waals surface area contributed by atoms with Crippen LogP contribution in [0.4, 0.5) is 4.79 Å². The van der Waals surface area contributed by atoms with E-state index in [1.165, 1.54) is 0 Å². The van der Waals surface area contributed by atoms with Gasteiger partial charge < -0.3 is 19.1 Å². The fraction of sp³-hybridized carbons (Fsp3) is 0.875. The van der Waals surface area contributed by atoms with Gasteiger partial charge in [-0.05, 0) is 54.4 Å². The van der Waals surface area contributed by atoms with Gasteiger partial charge in [-0.15, -0.1) is 0 Å². The number of rotatable bonds is 0. The molecule has 0 bridgehead atoms. The Labute approximate surface area is 133 Å². The van der Waals surface area contributed by atoms with Crippen molar-refractivity contribution < 1.29 is 19.0 Å². The summed E-state index contributed by atoms with van der Waals surface area (Å²) in [5.41, 5.74) is -0.805. The van der Waals surface area contributed by atoms with E-state index in [2.05, 4.69) is 4.99 Å². The average Bonchev–Trinajstić information content (AvgIpc) is 2.32. The molecule has 6 nitrogen and oxygen atoms in total. The number of aliphatic imine (C=N–C) groups is 1. The van der Waals surface area contributed by atoms with Crippen LogP contribution in [0.1, 0.15) is 54.4 Å². The number of carbonyl (C=O) groups is 1. The van der Waals surface area contributed by atoms with E-state index in [1.807, 2.05) is 41.5 Å². The van der Waals surface area contributed by atoms with Gasteiger partial charge in [-0.1, -0.05) is 0 Å². The van der Waals surface area contributed by atoms with Gasteiger partial charge in [0.2, 0.25) is 0 Å². The minimum absolute atomic E-state index is 0.275. The number of hydrogen-bond donors (Lipinski definition) is 0. The maximum atomic E-state index is 12.1. The zero-order valence-electron chi connectivity index (χ0n) is 14.8. The average molecular weight is 314 g/mol. The fourth-order valence-corrected chi connectivity index (χ4v) is 1.84. The Balaban J connectivity index is 2.57. The predicted octanol–water partition coefficient (Wildman–Crippen LogP) is 3.21. The molecular weight excluding hydrogens is 284 g/mol. The van der Waals surface area contributed by atoms with Crippen LogP contribution in [-0.4, -0.2) is 54.5 Å². The summed E-state index contributed by atoms with van der Waals surface area (Å²) in [4.78, 5) is 18.2. The number of ether oxygens (including phenoxy) is 3. The Bertz CT molecular complexity index is 394. The summed E-state index contributed by atoms with van der Waals surface area (Å²) in [7, 11) is 0. The highest BCUT2D eigenvalue weighted by molar-refractivity contribution is 5.68. The number of hydrogen-bond acceptors (Lipinski definition) is 5. The quantitative estimate of drug-likeness (QED) is 0.689. The maximum absolute atomic E-state index is 12.1.